The summed E-state index contributed by atoms with van der Waals surface area (Å²) in [6.07, 6.45) is 5.30. The maximum Gasteiger partial charge on any atom is 0.270 e. The minimum Gasteiger partial charge on any atom is -0.344 e. The molecule has 3 heterocycles. The maximum atomic E-state index is 12.7. The quantitative estimate of drug-likeness (QED) is 0.625. The number of rotatable bonds is 4. The lowest BCUT2D eigenvalue weighted by atomic mass is 10.1. The van der Waals surface area contributed by atoms with Crippen molar-refractivity contribution in [2.45, 2.75) is 13.0 Å². The van der Waals surface area contributed by atoms with Gasteiger partial charge in [0.25, 0.3) is 5.91 Å². The fraction of sp³-hybridized carbons (Fsp3) is 0.105. The van der Waals surface area contributed by atoms with Gasteiger partial charge in [-0.2, -0.15) is 10.2 Å². The molecule has 124 valence electrons. The summed E-state index contributed by atoms with van der Waals surface area (Å²) in [6.45, 7) is 1.96. The van der Waals surface area contributed by atoms with Gasteiger partial charge >= 0.3 is 0 Å². The van der Waals surface area contributed by atoms with Crippen molar-refractivity contribution in [3.63, 3.8) is 0 Å². The molecule has 0 aliphatic heterocycles. The van der Waals surface area contributed by atoms with Crippen molar-refractivity contribution in [2.24, 2.45) is 0 Å². The number of carbonyl (C=O) groups is 1. The zero-order valence-electron chi connectivity index (χ0n) is 13.7. The van der Waals surface area contributed by atoms with E-state index in [2.05, 4.69) is 15.5 Å². The topological polar surface area (TPSA) is 64.2 Å². The number of nitrogens with zero attached hydrogens (tertiary/aromatic N) is 4. The summed E-state index contributed by atoms with van der Waals surface area (Å²) in [5, 5.41) is 11.6. The van der Waals surface area contributed by atoms with Crippen LogP contribution in [0.15, 0.2) is 73.2 Å². The highest BCUT2D eigenvalue weighted by Crippen LogP contribution is 2.21. The van der Waals surface area contributed by atoms with Crippen LogP contribution in [0.3, 0.4) is 0 Å². The molecule has 6 heteroatoms. The Morgan fingerprint density at radius 2 is 1.88 bits per heavy atom. The van der Waals surface area contributed by atoms with Gasteiger partial charge in [-0.15, -0.1) is 0 Å². The van der Waals surface area contributed by atoms with Gasteiger partial charge in [0.05, 0.1) is 23.4 Å². The van der Waals surface area contributed by atoms with E-state index in [1.807, 2.05) is 61.7 Å². The first kappa shape index (κ1) is 15.1. The van der Waals surface area contributed by atoms with Gasteiger partial charge in [-0.3, -0.25) is 4.79 Å². The largest absolute Gasteiger partial charge is 0.344 e. The predicted octanol–water partition coefficient (Wildman–Crippen LogP) is 3.01. The molecule has 6 nitrogen and oxygen atoms in total. The van der Waals surface area contributed by atoms with Crippen molar-refractivity contribution in [3.05, 3.63) is 84.4 Å². The number of para-hydroxylation sites is 1. The Hall–Kier alpha value is -3.41. The molecule has 0 saturated carbocycles. The molecule has 0 aliphatic carbocycles. The first-order valence-electron chi connectivity index (χ1n) is 8.06. The molecule has 4 aromatic rings. The second-order valence-corrected chi connectivity index (χ2v) is 5.78. The van der Waals surface area contributed by atoms with Crippen LogP contribution in [-0.4, -0.2) is 25.3 Å². The Morgan fingerprint density at radius 3 is 2.72 bits per heavy atom. The smallest absolute Gasteiger partial charge is 0.270 e. The van der Waals surface area contributed by atoms with E-state index >= 15 is 0 Å². The second kappa shape index (κ2) is 6.24. The molecule has 1 amide bonds. The third-order valence-electron chi connectivity index (χ3n) is 4.16. The zero-order chi connectivity index (χ0) is 17.2. The van der Waals surface area contributed by atoms with Crippen molar-refractivity contribution in [2.75, 3.05) is 0 Å². The molecule has 1 aromatic carbocycles. The fourth-order valence-electron chi connectivity index (χ4n) is 2.94. The summed E-state index contributed by atoms with van der Waals surface area (Å²) in [4.78, 5) is 12.7. The van der Waals surface area contributed by atoms with Crippen LogP contribution in [0.5, 0.6) is 0 Å². The highest BCUT2D eigenvalue weighted by atomic mass is 16.2. The van der Waals surface area contributed by atoms with E-state index in [1.165, 1.54) is 0 Å². The fourth-order valence-corrected chi connectivity index (χ4v) is 2.94. The van der Waals surface area contributed by atoms with Crippen LogP contribution in [0.4, 0.5) is 0 Å². The molecule has 0 fully saturated rings. The average Bonchev–Trinajstić information content (AvgIpc) is 3.32. The first-order chi connectivity index (χ1) is 12.2. The van der Waals surface area contributed by atoms with E-state index < -0.39 is 0 Å². The van der Waals surface area contributed by atoms with E-state index in [9.17, 15) is 4.79 Å². The van der Waals surface area contributed by atoms with Crippen LogP contribution in [0, 0.1) is 0 Å². The van der Waals surface area contributed by atoms with Gasteiger partial charge in [-0.25, -0.2) is 9.20 Å². The van der Waals surface area contributed by atoms with E-state index in [1.54, 1.807) is 27.7 Å². The van der Waals surface area contributed by atoms with E-state index in [-0.39, 0.29) is 11.9 Å². The van der Waals surface area contributed by atoms with Crippen LogP contribution in [-0.2, 0) is 0 Å². The molecule has 0 bridgehead atoms. The molecule has 0 aliphatic rings. The monoisotopic (exact) mass is 331 g/mol. The molecule has 1 unspecified atom stereocenters. The van der Waals surface area contributed by atoms with Crippen molar-refractivity contribution >= 4 is 11.4 Å². The normalized spacial score (nSPS) is 12.2. The Balaban J connectivity index is 1.64. The Morgan fingerprint density at radius 1 is 1.00 bits per heavy atom. The highest BCUT2D eigenvalue weighted by Gasteiger charge is 2.17. The lowest BCUT2D eigenvalue weighted by Gasteiger charge is -2.18. The molecule has 0 saturated heterocycles. The minimum atomic E-state index is -0.182. The summed E-state index contributed by atoms with van der Waals surface area (Å²) in [7, 11) is 0. The third kappa shape index (κ3) is 2.78. The van der Waals surface area contributed by atoms with Gasteiger partial charge in [-0.1, -0.05) is 24.3 Å². The van der Waals surface area contributed by atoms with Crippen LogP contribution in [0.25, 0.3) is 11.2 Å². The summed E-state index contributed by atoms with van der Waals surface area (Å²) < 4.78 is 3.44. The van der Waals surface area contributed by atoms with Crippen LogP contribution in [0.1, 0.15) is 29.0 Å². The lowest BCUT2D eigenvalue weighted by Crippen LogP contribution is -2.29. The van der Waals surface area contributed by atoms with Crippen molar-refractivity contribution < 1.29 is 4.79 Å². The van der Waals surface area contributed by atoms with Gasteiger partial charge in [0.2, 0.25) is 0 Å². The lowest BCUT2D eigenvalue weighted by molar-refractivity contribution is 0.0932. The van der Waals surface area contributed by atoms with Gasteiger partial charge < -0.3 is 5.32 Å². The number of amides is 1. The molecule has 0 radical (unpaired) electrons. The van der Waals surface area contributed by atoms with E-state index in [4.69, 9.17) is 0 Å². The molecule has 0 spiro atoms. The maximum absolute atomic E-state index is 12.7. The predicted molar refractivity (Wildman–Crippen MR) is 94.6 cm³/mol. The second-order valence-electron chi connectivity index (χ2n) is 5.78. The number of hydrogen-bond donors (Lipinski definition) is 1. The molecule has 4 rings (SSSR count). The molecule has 1 atom stereocenters. The summed E-state index contributed by atoms with van der Waals surface area (Å²) in [5.41, 5.74) is 3.33. The molecule has 3 aromatic heterocycles. The van der Waals surface area contributed by atoms with E-state index in [0.717, 1.165) is 16.8 Å². The highest BCUT2D eigenvalue weighted by molar-refractivity contribution is 5.93. The SMILES string of the molecule is CC(NC(=O)c1cccc2ccnn12)c1ccccc1-n1cccn1. The number of fused-ring (bicyclic) bond motifs is 1. The number of hydrogen-bond acceptors (Lipinski definition) is 3. The number of pyridine rings is 1. The molecule has 25 heavy (non-hydrogen) atoms. The number of carbonyl (C=O) groups excluding carboxylic acids is 1. The minimum absolute atomic E-state index is 0.169. The molecular weight excluding hydrogens is 314 g/mol. The van der Waals surface area contributed by atoms with Crippen molar-refractivity contribution in [1.29, 1.82) is 0 Å². The number of nitrogens with one attached hydrogen (secondary N) is 1. The number of aromatic nitrogens is 4. The van der Waals surface area contributed by atoms with Crippen molar-refractivity contribution in [3.8, 4) is 5.69 Å². The first-order valence-corrected chi connectivity index (χ1v) is 8.06. The molecular formula is C19H17N5O. The van der Waals surface area contributed by atoms with Gasteiger partial charge in [0.1, 0.15) is 5.69 Å². The standard InChI is InChI=1S/C19H17N5O/c1-14(16-7-2-3-8-17(16)23-13-5-11-20-23)22-19(25)18-9-4-6-15-10-12-21-24(15)18/h2-14H,1H3,(H,22,25). The Bertz CT molecular complexity index is 1020. The zero-order valence-corrected chi connectivity index (χ0v) is 13.7. The van der Waals surface area contributed by atoms with Crippen LogP contribution < -0.4 is 5.32 Å². The third-order valence-corrected chi connectivity index (χ3v) is 4.16. The Labute approximate surface area is 144 Å². The van der Waals surface area contributed by atoms with Gasteiger partial charge in [-0.05, 0) is 42.8 Å². The van der Waals surface area contributed by atoms with Gasteiger partial charge in [0, 0.05) is 12.4 Å². The number of benzene rings is 1. The summed E-state index contributed by atoms with van der Waals surface area (Å²) in [6, 6.07) is 17.0. The summed E-state index contributed by atoms with van der Waals surface area (Å²) >= 11 is 0. The molecule has 1 N–H and O–H groups in total. The summed E-state index contributed by atoms with van der Waals surface area (Å²) in [5.74, 6) is -0.169. The van der Waals surface area contributed by atoms with E-state index in [0.29, 0.717) is 5.69 Å². The van der Waals surface area contributed by atoms with Crippen LogP contribution in [0.2, 0.25) is 0 Å². The van der Waals surface area contributed by atoms with Gasteiger partial charge in [0.15, 0.2) is 0 Å². The average molecular weight is 331 g/mol. The van der Waals surface area contributed by atoms with Crippen molar-refractivity contribution in [1.82, 2.24) is 24.7 Å². The Kier molecular flexibility index (Phi) is 3.78. The van der Waals surface area contributed by atoms with Crippen LogP contribution >= 0.6 is 0 Å².